The van der Waals surface area contributed by atoms with E-state index in [1.807, 2.05) is 20.2 Å². The summed E-state index contributed by atoms with van der Waals surface area (Å²) in [5.41, 5.74) is 8.31. The van der Waals surface area contributed by atoms with Crippen LogP contribution in [0.5, 0.6) is 0 Å². The molecule has 112 valence electrons. The smallest absolute Gasteiger partial charge is 0.170 e. The minimum absolute atomic E-state index is 0.112. The van der Waals surface area contributed by atoms with Crippen molar-refractivity contribution in [3.05, 3.63) is 52.6 Å². The van der Waals surface area contributed by atoms with Crippen LogP contribution in [0, 0.1) is 12.7 Å². The molecule has 7 heteroatoms. The van der Waals surface area contributed by atoms with Crippen LogP contribution in [0.2, 0.25) is 0 Å². The standard InChI is InChI=1S/C14H18FN5O/c1-9-12(8-20(2)18-9)7-17-6-11-4-3-10(5-13(11)15)14(16)19-21/h3-5,8,17,21H,6-7H2,1-2H3,(H2,16,19). The highest BCUT2D eigenvalue weighted by atomic mass is 19.1. The summed E-state index contributed by atoms with van der Waals surface area (Å²) >= 11 is 0. The van der Waals surface area contributed by atoms with Gasteiger partial charge in [0.05, 0.1) is 5.69 Å². The summed E-state index contributed by atoms with van der Waals surface area (Å²) in [5, 5.41) is 18.8. The lowest BCUT2D eigenvalue weighted by atomic mass is 10.1. The molecule has 0 unspecified atom stereocenters. The Hall–Kier alpha value is -2.41. The van der Waals surface area contributed by atoms with Gasteiger partial charge in [-0.3, -0.25) is 4.68 Å². The van der Waals surface area contributed by atoms with Gasteiger partial charge in [0.2, 0.25) is 0 Å². The van der Waals surface area contributed by atoms with Crippen LogP contribution in [0.3, 0.4) is 0 Å². The lowest BCUT2D eigenvalue weighted by Crippen LogP contribution is -2.16. The van der Waals surface area contributed by atoms with Crippen LogP contribution in [-0.2, 0) is 20.1 Å². The quantitative estimate of drug-likeness (QED) is 0.335. The van der Waals surface area contributed by atoms with Gasteiger partial charge in [-0.05, 0) is 13.0 Å². The second-order valence-electron chi connectivity index (χ2n) is 4.81. The third-order valence-corrected chi connectivity index (χ3v) is 3.20. The van der Waals surface area contributed by atoms with Crippen molar-refractivity contribution >= 4 is 5.84 Å². The van der Waals surface area contributed by atoms with Gasteiger partial charge in [-0.1, -0.05) is 17.3 Å². The minimum Gasteiger partial charge on any atom is -0.409 e. The van der Waals surface area contributed by atoms with E-state index >= 15 is 0 Å². The maximum absolute atomic E-state index is 13.9. The molecule has 21 heavy (non-hydrogen) atoms. The summed E-state index contributed by atoms with van der Waals surface area (Å²) < 4.78 is 15.7. The van der Waals surface area contributed by atoms with E-state index < -0.39 is 5.82 Å². The monoisotopic (exact) mass is 291 g/mol. The van der Waals surface area contributed by atoms with Crippen molar-refractivity contribution in [3.63, 3.8) is 0 Å². The number of aryl methyl sites for hydroxylation is 2. The van der Waals surface area contributed by atoms with Gasteiger partial charge in [0.25, 0.3) is 0 Å². The Morgan fingerprint density at radius 1 is 1.43 bits per heavy atom. The van der Waals surface area contributed by atoms with E-state index in [0.29, 0.717) is 24.2 Å². The Kier molecular flexibility index (Phi) is 4.54. The van der Waals surface area contributed by atoms with Gasteiger partial charge in [-0.25, -0.2) is 4.39 Å². The lowest BCUT2D eigenvalue weighted by molar-refractivity contribution is 0.318. The van der Waals surface area contributed by atoms with Crippen LogP contribution in [0.25, 0.3) is 0 Å². The van der Waals surface area contributed by atoms with Crippen molar-refractivity contribution in [3.8, 4) is 0 Å². The molecule has 6 nitrogen and oxygen atoms in total. The third kappa shape index (κ3) is 3.57. The first-order chi connectivity index (χ1) is 10.0. The highest BCUT2D eigenvalue weighted by Crippen LogP contribution is 2.11. The predicted octanol–water partition coefficient (Wildman–Crippen LogP) is 1.25. The number of rotatable bonds is 5. The van der Waals surface area contributed by atoms with Gasteiger partial charge >= 0.3 is 0 Å². The molecule has 0 saturated carbocycles. The molecule has 2 aromatic rings. The average molecular weight is 291 g/mol. The molecule has 1 aromatic heterocycles. The zero-order valence-corrected chi connectivity index (χ0v) is 12.0. The van der Waals surface area contributed by atoms with Crippen LogP contribution in [0.1, 0.15) is 22.4 Å². The summed E-state index contributed by atoms with van der Waals surface area (Å²) in [7, 11) is 1.86. The molecule has 0 spiro atoms. The molecule has 0 amide bonds. The molecule has 0 fully saturated rings. The summed E-state index contributed by atoms with van der Waals surface area (Å²) in [6, 6.07) is 4.48. The van der Waals surface area contributed by atoms with Crippen LogP contribution in [0.4, 0.5) is 4.39 Å². The van der Waals surface area contributed by atoms with Crippen molar-refractivity contribution in [2.24, 2.45) is 17.9 Å². The molecular formula is C14H18FN5O. The van der Waals surface area contributed by atoms with Gasteiger partial charge in [0, 0.05) is 43.0 Å². The number of hydrogen-bond donors (Lipinski definition) is 3. The summed E-state index contributed by atoms with van der Waals surface area (Å²) in [6.45, 7) is 2.93. The van der Waals surface area contributed by atoms with Crippen molar-refractivity contribution in [2.45, 2.75) is 20.0 Å². The van der Waals surface area contributed by atoms with E-state index in [4.69, 9.17) is 10.9 Å². The van der Waals surface area contributed by atoms with Gasteiger partial charge in [0.15, 0.2) is 5.84 Å². The molecule has 0 saturated heterocycles. The maximum Gasteiger partial charge on any atom is 0.170 e. The maximum atomic E-state index is 13.9. The molecule has 0 aliphatic rings. The number of nitrogens with one attached hydrogen (secondary N) is 1. The van der Waals surface area contributed by atoms with E-state index in [-0.39, 0.29) is 5.84 Å². The fourth-order valence-corrected chi connectivity index (χ4v) is 2.06. The van der Waals surface area contributed by atoms with Gasteiger partial charge in [-0.15, -0.1) is 0 Å². The SMILES string of the molecule is Cc1nn(C)cc1CNCc1ccc(/C(N)=N/O)cc1F. The Morgan fingerprint density at radius 3 is 2.71 bits per heavy atom. The van der Waals surface area contributed by atoms with E-state index in [2.05, 4.69) is 15.6 Å². The first-order valence-electron chi connectivity index (χ1n) is 6.47. The van der Waals surface area contributed by atoms with Crippen LogP contribution in [0.15, 0.2) is 29.6 Å². The Bertz CT molecular complexity index is 665. The number of nitrogens with two attached hydrogens (primary N) is 1. The molecule has 1 heterocycles. The fraction of sp³-hybridized carbons (Fsp3) is 0.286. The number of oxime groups is 1. The zero-order valence-electron chi connectivity index (χ0n) is 12.0. The predicted molar refractivity (Wildman–Crippen MR) is 77.4 cm³/mol. The molecular weight excluding hydrogens is 273 g/mol. The molecule has 2 rings (SSSR count). The third-order valence-electron chi connectivity index (χ3n) is 3.20. The van der Waals surface area contributed by atoms with Crippen LogP contribution in [-0.4, -0.2) is 20.8 Å². The largest absolute Gasteiger partial charge is 0.409 e. The van der Waals surface area contributed by atoms with Gasteiger partial charge in [0.1, 0.15) is 5.82 Å². The summed E-state index contributed by atoms with van der Waals surface area (Å²) in [6.07, 6.45) is 1.93. The highest BCUT2D eigenvalue weighted by molar-refractivity contribution is 5.97. The van der Waals surface area contributed by atoms with Crippen molar-refractivity contribution < 1.29 is 9.60 Å². The molecule has 0 radical (unpaired) electrons. The number of aromatic nitrogens is 2. The topological polar surface area (TPSA) is 88.5 Å². The first kappa shape index (κ1) is 15.0. The van der Waals surface area contributed by atoms with Crippen LogP contribution >= 0.6 is 0 Å². The fourth-order valence-electron chi connectivity index (χ4n) is 2.06. The summed E-state index contributed by atoms with van der Waals surface area (Å²) in [5.74, 6) is -0.506. The van der Waals surface area contributed by atoms with Crippen molar-refractivity contribution in [1.29, 1.82) is 0 Å². The van der Waals surface area contributed by atoms with Gasteiger partial charge < -0.3 is 16.3 Å². The number of amidine groups is 1. The molecule has 0 atom stereocenters. The number of hydrogen-bond acceptors (Lipinski definition) is 4. The summed E-state index contributed by atoms with van der Waals surface area (Å²) in [4.78, 5) is 0. The van der Waals surface area contributed by atoms with Crippen molar-refractivity contribution in [1.82, 2.24) is 15.1 Å². The Labute approximate surface area is 122 Å². The molecule has 1 aromatic carbocycles. The second kappa shape index (κ2) is 6.36. The number of benzene rings is 1. The van der Waals surface area contributed by atoms with E-state index in [0.717, 1.165) is 11.3 Å². The first-order valence-corrected chi connectivity index (χ1v) is 6.47. The van der Waals surface area contributed by atoms with Crippen molar-refractivity contribution in [2.75, 3.05) is 0 Å². The lowest BCUT2D eigenvalue weighted by Gasteiger charge is -2.07. The Balaban J connectivity index is 1.99. The highest BCUT2D eigenvalue weighted by Gasteiger charge is 2.07. The normalized spacial score (nSPS) is 11.9. The Morgan fingerprint density at radius 2 is 2.14 bits per heavy atom. The zero-order chi connectivity index (χ0) is 15.4. The van der Waals surface area contributed by atoms with Crippen LogP contribution < -0.4 is 11.1 Å². The number of nitrogens with zero attached hydrogens (tertiary/aromatic N) is 3. The van der Waals surface area contributed by atoms with Gasteiger partial charge in [-0.2, -0.15) is 5.10 Å². The molecule has 0 aliphatic carbocycles. The van der Waals surface area contributed by atoms with E-state index in [1.165, 1.54) is 6.07 Å². The molecule has 0 bridgehead atoms. The molecule has 4 N–H and O–H groups in total. The molecule has 0 aliphatic heterocycles. The second-order valence-corrected chi connectivity index (χ2v) is 4.81. The van der Waals surface area contributed by atoms with E-state index in [9.17, 15) is 4.39 Å². The number of halogens is 1. The van der Waals surface area contributed by atoms with E-state index in [1.54, 1.807) is 16.8 Å². The average Bonchev–Trinajstić information content (AvgIpc) is 2.78. The minimum atomic E-state index is -0.394.